The van der Waals surface area contributed by atoms with E-state index in [9.17, 15) is 4.39 Å². The van der Waals surface area contributed by atoms with Gasteiger partial charge >= 0.3 is 0 Å². The van der Waals surface area contributed by atoms with E-state index in [0.717, 1.165) is 18.7 Å². The standard InChI is InChI=1S/C14H16Cl2FN3/c1-2-6-20-14(11(16)8-19-20)12(18)7-9-4-3-5-10(15)13(9)17/h3-5,8,12H,2,6-7,18H2,1H3. The van der Waals surface area contributed by atoms with Crippen LogP contribution in [0.5, 0.6) is 0 Å². The van der Waals surface area contributed by atoms with Gasteiger partial charge in [-0.2, -0.15) is 5.10 Å². The second-order valence-corrected chi connectivity index (χ2v) is 5.44. The fourth-order valence-electron chi connectivity index (χ4n) is 2.17. The van der Waals surface area contributed by atoms with Crippen molar-refractivity contribution in [3.05, 3.63) is 51.5 Å². The van der Waals surface area contributed by atoms with Crippen LogP contribution in [0.25, 0.3) is 0 Å². The predicted molar refractivity (Wildman–Crippen MR) is 79.6 cm³/mol. The summed E-state index contributed by atoms with van der Waals surface area (Å²) in [4.78, 5) is 0. The number of nitrogens with two attached hydrogens (primary N) is 1. The lowest BCUT2D eigenvalue weighted by molar-refractivity contribution is 0.529. The topological polar surface area (TPSA) is 43.8 Å². The van der Waals surface area contributed by atoms with Crippen molar-refractivity contribution >= 4 is 23.2 Å². The number of hydrogen-bond acceptors (Lipinski definition) is 2. The molecule has 1 aromatic heterocycles. The van der Waals surface area contributed by atoms with Gasteiger partial charge in [0.1, 0.15) is 5.82 Å². The second-order valence-electron chi connectivity index (χ2n) is 4.62. The average Bonchev–Trinajstić information content (AvgIpc) is 2.77. The first-order valence-electron chi connectivity index (χ1n) is 6.44. The van der Waals surface area contributed by atoms with E-state index in [0.29, 0.717) is 17.0 Å². The molecule has 0 fully saturated rings. The van der Waals surface area contributed by atoms with Crippen molar-refractivity contribution in [1.82, 2.24) is 9.78 Å². The summed E-state index contributed by atoms with van der Waals surface area (Å²) in [7, 11) is 0. The third kappa shape index (κ3) is 3.14. The van der Waals surface area contributed by atoms with Crippen molar-refractivity contribution in [3.63, 3.8) is 0 Å². The summed E-state index contributed by atoms with van der Waals surface area (Å²) in [6.45, 7) is 2.77. The van der Waals surface area contributed by atoms with Gasteiger partial charge in [0.05, 0.1) is 28.0 Å². The molecule has 0 radical (unpaired) electrons. The van der Waals surface area contributed by atoms with Crippen molar-refractivity contribution in [2.75, 3.05) is 0 Å². The van der Waals surface area contributed by atoms with E-state index < -0.39 is 11.9 Å². The minimum Gasteiger partial charge on any atom is -0.322 e. The molecule has 1 aromatic carbocycles. The van der Waals surface area contributed by atoms with E-state index in [-0.39, 0.29) is 5.02 Å². The monoisotopic (exact) mass is 315 g/mol. The van der Waals surface area contributed by atoms with Gasteiger partial charge in [-0.3, -0.25) is 4.68 Å². The first kappa shape index (κ1) is 15.3. The minimum absolute atomic E-state index is 0.0999. The summed E-state index contributed by atoms with van der Waals surface area (Å²) in [6.07, 6.45) is 2.81. The molecule has 0 aliphatic heterocycles. The fraction of sp³-hybridized carbons (Fsp3) is 0.357. The van der Waals surface area contributed by atoms with Crippen molar-refractivity contribution in [1.29, 1.82) is 0 Å². The Morgan fingerprint density at radius 2 is 2.10 bits per heavy atom. The smallest absolute Gasteiger partial charge is 0.145 e. The summed E-state index contributed by atoms with van der Waals surface area (Å²) in [5, 5.41) is 4.80. The SMILES string of the molecule is CCCn1ncc(Cl)c1C(N)Cc1cccc(Cl)c1F. The number of benzene rings is 1. The average molecular weight is 316 g/mol. The maximum absolute atomic E-state index is 13.9. The molecule has 6 heteroatoms. The Morgan fingerprint density at radius 3 is 2.80 bits per heavy atom. The summed E-state index contributed by atoms with van der Waals surface area (Å²) < 4.78 is 15.7. The molecule has 20 heavy (non-hydrogen) atoms. The highest BCUT2D eigenvalue weighted by Crippen LogP contribution is 2.26. The fourth-order valence-corrected chi connectivity index (χ4v) is 2.65. The van der Waals surface area contributed by atoms with Gasteiger partial charge in [0.15, 0.2) is 0 Å². The van der Waals surface area contributed by atoms with E-state index in [1.807, 2.05) is 6.92 Å². The summed E-state index contributed by atoms with van der Waals surface area (Å²) in [5.41, 5.74) is 7.37. The molecule has 0 bridgehead atoms. The lowest BCUT2D eigenvalue weighted by atomic mass is 10.0. The van der Waals surface area contributed by atoms with Crippen LogP contribution in [0.4, 0.5) is 4.39 Å². The van der Waals surface area contributed by atoms with Crippen molar-refractivity contribution < 1.29 is 4.39 Å². The van der Waals surface area contributed by atoms with E-state index in [1.54, 1.807) is 23.0 Å². The number of hydrogen-bond donors (Lipinski definition) is 1. The highest BCUT2D eigenvalue weighted by Gasteiger charge is 2.19. The lowest BCUT2D eigenvalue weighted by Gasteiger charge is -2.15. The number of aromatic nitrogens is 2. The molecule has 1 heterocycles. The first-order chi connectivity index (χ1) is 9.54. The molecule has 0 aliphatic carbocycles. The molecule has 0 spiro atoms. The zero-order chi connectivity index (χ0) is 14.7. The lowest BCUT2D eigenvalue weighted by Crippen LogP contribution is -2.19. The van der Waals surface area contributed by atoms with Crippen LogP contribution in [0.15, 0.2) is 24.4 Å². The highest BCUT2D eigenvalue weighted by molar-refractivity contribution is 6.31. The Bertz CT molecular complexity index is 598. The Labute approximate surface area is 127 Å². The van der Waals surface area contributed by atoms with Gasteiger partial charge in [0, 0.05) is 6.54 Å². The third-order valence-electron chi connectivity index (χ3n) is 3.09. The second kappa shape index (κ2) is 6.57. The first-order valence-corrected chi connectivity index (χ1v) is 7.19. The van der Waals surface area contributed by atoms with Crippen LogP contribution >= 0.6 is 23.2 Å². The molecular formula is C14H16Cl2FN3. The molecule has 2 rings (SSSR count). The van der Waals surface area contributed by atoms with Crippen LogP contribution in [-0.2, 0) is 13.0 Å². The largest absolute Gasteiger partial charge is 0.322 e. The van der Waals surface area contributed by atoms with Gasteiger partial charge in [-0.1, -0.05) is 42.3 Å². The van der Waals surface area contributed by atoms with Crippen molar-refractivity contribution in [3.8, 4) is 0 Å². The van der Waals surface area contributed by atoms with E-state index >= 15 is 0 Å². The van der Waals surface area contributed by atoms with Gasteiger partial charge in [0.25, 0.3) is 0 Å². The molecule has 0 saturated carbocycles. The van der Waals surface area contributed by atoms with Gasteiger partial charge < -0.3 is 5.73 Å². The maximum atomic E-state index is 13.9. The normalized spacial score (nSPS) is 12.7. The van der Waals surface area contributed by atoms with Gasteiger partial charge in [-0.25, -0.2) is 4.39 Å². The maximum Gasteiger partial charge on any atom is 0.145 e. The van der Waals surface area contributed by atoms with Crippen LogP contribution in [0.2, 0.25) is 10.0 Å². The van der Waals surface area contributed by atoms with E-state index in [2.05, 4.69) is 5.10 Å². The Morgan fingerprint density at radius 1 is 1.35 bits per heavy atom. The van der Waals surface area contributed by atoms with Crippen LogP contribution in [0.1, 0.15) is 30.6 Å². The van der Waals surface area contributed by atoms with Crippen LogP contribution < -0.4 is 5.73 Å². The molecule has 108 valence electrons. The van der Waals surface area contributed by atoms with Gasteiger partial charge in [-0.15, -0.1) is 0 Å². The summed E-state index contributed by atoms with van der Waals surface area (Å²) >= 11 is 11.9. The molecule has 2 N–H and O–H groups in total. The quantitative estimate of drug-likeness (QED) is 0.906. The number of aryl methyl sites for hydroxylation is 1. The van der Waals surface area contributed by atoms with Gasteiger partial charge in [-0.05, 0) is 24.5 Å². The zero-order valence-corrected chi connectivity index (χ0v) is 12.6. The molecule has 2 aromatic rings. The third-order valence-corrected chi connectivity index (χ3v) is 3.67. The molecule has 1 atom stereocenters. The summed E-state index contributed by atoms with van der Waals surface area (Å²) in [6, 6.07) is 4.47. The van der Waals surface area contributed by atoms with Crippen LogP contribution in [0.3, 0.4) is 0 Å². The van der Waals surface area contributed by atoms with Gasteiger partial charge in [0.2, 0.25) is 0 Å². The Balaban J connectivity index is 2.26. The molecule has 3 nitrogen and oxygen atoms in total. The predicted octanol–water partition coefficient (Wildman–Crippen LogP) is 3.98. The molecule has 1 unspecified atom stereocenters. The van der Waals surface area contributed by atoms with E-state index in [4.69, 9.17) is 28.9 Å². The highest BCUT2D eigenvalue weighted by atomic mass is 35.5. The molecule has 0 saturated heterocycles. The van der Waals surface area contributed by atoms with Crippen LogP contribution in [0, 0.1) is 5.82 Å². The van der Waals surface area contributed by atoms with Crippen molar-refractivity contribution in [2.24, 2.45) is 5.73 Å². The summed E-state index contributed by atoms with van der Waals surface area (Å²) in [5.74, 6) is -0.428. The number of rotatable bonds is 5. The minimum atomic E-state index is -0.428. The molecule has 0 aliphatic rings. The molecule has 0 amide bonds. The Hall–Kier alpha value is -1.10. The van der Waals surface area contributed by atoms with Crippen LogP contribution in [-0.4, -0.2) is 9.78 Å². The molecular weight excluding hydrogens is 300 g/mol. The Kier molecular flexibility index (Phi) is 5.02. The number of nitrogens with zero attached hydrogens (tertiary/aromatic N) is 2. The number of halogens is 3. The van der Waals surface area contributed by atoms with E-state index in [1.165, 1.54) is 6.07 Å². The van der Waals surface area contributed by atoms with Crippen molar-refractivity contribution in [2.45, 2.75) is 32.4 Å². The zero-order valence-electron chi connectivity index (χ0n) is 11.1.